The van der Waals surface area contributed by atoms with Gasteiger partial charge in [0.05, 0.1) is 5.69 Å². The summed E-state index contributed by atoms with van der Waals surface area (Å²) in [6.07, 6.45) is 6.36. The van der Waals surface area contributed by atoms with Gasteiger partial charge >= 0.3 is 0 Å². The Bertz CT molecular complexity index is 801. The second-order valence-electron chi connectivity index (χ2n) is 5.89. The Morgan fingerprint density at radius 2 is 2.05 bits per heavy atom. The second-order valence-corrected chi connectivity index (χ2v) is 5.89. The third kappa shape index (κ3) is 1.94. The van der Waals surface area contributed by atoms with E-state index in [1.54, 1.807) is 6.20 Å². The van der Waals surface area contributed by atoms with Crippen LogP contribution in [0.2, 0.25) is 0 Å². The summed E-state index contributed by atoms with van der Waals surface area (Å²) in [5.74, 6) is 0. The van der Waals surface area contributed by atoms with E-state index in [0.717, 1.165) is 52.8 Å². The number of pyridine rings is 2. The average Bonchev–Trinajstić information content (AvgIpc) is 2.85. The van der Waals surface area contributed by atoms with Gasteiger partial charge in [0, 0.05) is 29.0 Å². The minimum Gasteiger partial charge on any atom is -0.384 e. The average molecular weight is 279 g/mol. The van der Waals surface area contributed by atoms with Gasteiger partial charge in [-0.2, -0.15) is 0 Å². The highest BCUT2D eigenvalue weighted by Gasteiger charge is 2.37. The fourth-order valence-corrected chi connectivity index (χ4v) is 3.01. The summed E-state index contributed by atoms with van der Waals surface area (Å²) < 4.78 is 0. The van der Waals surface area contributed by atoms with E-state index in [1.807, 2.05) is 31.3 Å². The molecule has 0 aromatic carbocycles. The normalized spacial score (nSPS) is 16.9. The topological polar surface area (TPSA) is 61.8 Å². The van der Waals surface area contributed by atoms with E-state index >= 15 is 0 Å². The smallest absolute Gasteiger partial charge is 0.138 e. The van der Waals surface area contributed by atoms with Crippen molar-refractivity contribution in [3.05, 3.63) is 48.0 Å². The van der Waals surface area contributed by atoms with E-state index < -0.39 is 5.60 Å². The first-order valence-corrected chi connectivity index (χ1v) is 7.29. The van der Waals surface area contributed by atoms with Gasteiger partial charge in [-0.1, -0.05) is 6.07 Å². The van der Waals surface area contributed by atoms with Crippen molar-refractivity contribution in [1.29, 1.82) is 0 Å². The van der Waals surface area contributed by atoms with Crippen molar-refractivity contribution in [2.45, 2.75) is 31.8 Å². The standard InChI is InChI=1S/C17H17N3O/c1-11-9-14-13(5-8-18-16(14)20-11)12-3-4-15(19-10-12)17(21)6-2-7-17/h3-5,8-10,21H,2,6-7H2,1H3,(H,18,20). The molecule has 1 aliphatic carbocycles. The minimum atomic E-state index is -0.698. The van der Waals surface area contributed by atoms with Gasteiger partial charge in [0.25, 0.3) is 0 Å². The van der Waals surface area contributed by atoms with Gasteiger partial charge in [0.1, 0.15) is 11.2 Å². The summed E-state index contributed by atoms with van der Waals surface area (Å²) in [7, 11) is 0. The molecule has 1 fully saturated rings. The molecule has 106 valence electrons. The van der Waals surface area contributed by atoms with Crippen molar-refractivity contribution in [3.63, 3.8) is 0 Å². The monoisotopic (exact) mass is 279 g/mol. The van der Waals surface area contributed by atoms with E-state index in [9.17, 15) is 5.11 Å². The lowest BCUT2D eigenvalue weighted by atomic mass is 9.77. The van der Waals surface area contributed by atoms with Crippen molar-refractivity contribution in [2.75, 3.05) is 0 Å². The minimum absolute atomic E-state index is 0.698. The van der Waals surface area contributed by atoms with Gasteiger partial charge in [-0.25, -0.2) is 4.98 Å². The van der Waals surface area contributed by atoms with Crippen LogP contribution in [0.3, 0.4) is 0 Å². The van der Waals surface area contributed by atoms with Crippen LogP contribution in [0.4, 0.5) is 0 Å². The number of fused-ring (bicyclic) bond motifs is 1. The molecule has 0 saturated heterocycles. The number of rotatable bonds is 2. The van der Waals surface area contributed by atoms with Crippen LogP contribution in [0.5, 0.6) is 0 Å². The lowest BCUT2D eigenvalue weighted by molar-refractivity contribution is -0.0426. The van der Waals surface area contributed by atoms with Crippen LogP contribution < -0.4 is 0 Å². The van der Waals surface area contributed by atoms with Crippen molar-refractivity contribution in [1.82, 2.24) is 15.0 Å². The number of aryl methyl sites for hydroxylation is 1. The maximum absolute atomic E-state index is 10.3. The number of hydrogen-bond acceptors (Lipinski definition) is 3. The van der Waals surface area contributed by atoms with Gasteiger partial charge in [-0.3, -0.25) is 4.98 Å². The third-order valence-corrected chi connectivity index (χ3v) is 4.40. The number of hydrogen-bond donors (Lipinski definition) is 2. The summed E-state index contributed by atoms with van der Waals surface area (Å²) in [5.41, 5.74) is 4.24. The van der Waals surface area contributed by atoms with Gasteiger partial charge in [-0.15, -0.1) is 0 Å². The summed E-state index contributed by atoms with van der Waals surface area (Å²) in [6.45, 7) is 2.03. The van der Waals surface area contributed by atoms with Crippen LogP contribution in [0.1, 0.15) is 30.7 Å². The maximum Gasteiger partial charge on any atom is 0.138 e. The van der Waals surface area contributed by atoms with E-state index in [0.29, 0.717) is 0 Å². The summed E-state index contributed by atoms with van der Waals surface area (Å²) in [4.78, 5) is 12.1. The summed E-state index contributed by atoms with van der Waals surface area (Å²) in [6, 6.07) is 8.09. The van der Waals surface area contributed by atoms with Crippen LogP contribution in [0.15, 0.2) is 36.7 Å². The molecule has 3 heterocycles. The quantitative estimate of drug-likeness (QED) is 0.756. The first-order chi connectivity index (χ1) is 10.2. The van der Waals surface area contributed by atoms with Gasteiger partial charge in [-0.05, 0) is 49.9 Å². The Morgan fingerprint density at radius 3 is 2.71 bits per heavy atom. The number of nitrogens with zero attached hydrogens (tertiary/aromatic N) is 2. The molecule has 0 bridgehead atoms. The number of aromatic amines is 1. The highest BCUT2D eigenvalue weighted by molar-refractivity contribution is 5.93. The number of aliphatic hydroxyl groups is 1. The zero-order chi connectivity index (χ0) is 14.4. The Kier molecular flexibility index (Phi) is 2.62. The fourth-order valence-electron chi connectivity index (χ4n) is 3.01. The fraction of sp³-hybridized carbons (Fsp3) is 0.294. The van der Waals surface area contributed by atoms with E-state index in [-0.39, 0.29) is 0 Å². The maximum atomic E-state index is 10.3. The molecule has 0 amide bonds. The van der Waals surface area contributed by atoms with E-state index in [2.05, 4.69) is 21.0 Å². The Hall–Kier alpha value is -2.20. The second kappa shape index (κ2) is 4.40. The van der Waals surface area contributed by atoms with Crippen molar-refractivity contribution >= 4 is 11.0 Å². The third-order valence-electron chi connectivity index (χ3n) is 4.40. The molecule has 21 heavy (non-hydrogen) atoms. The molecule has 2 N–H and O–H groups in total. The van der Waals surface area contributed by atoms with Crippen LogP contribution in [0, 0.1) is 6.92 Å². The number of aromatic nitrogens is 3. The van der Waals surface area contributed by atoms with Gasteiger partial charge in [0.2, 0.25) is 0 Å². The highest BCUT2D eigenvalue weighted by atomic mass is 16.3. The SMILES string of the molecule is Cc1cc2c(-c3ccc(C4(O)CCC4)nc3)ccnc2[nH]1. The molecular formula is C17H17N3O. The zero-order valence-electron chi connectivity index (χ0n) is 11.9. The summed E-state index contributed by atoms with van der Waals surface area (Å²) >= 11 is 0. The van der Waals surface area contributed by atoms with Gasteiger partial charge in [0.15, 0.2) is 0 Å². The Balaban J connectivity index is 1.78. The Labute approximate surface area is 122 Å². The molecule has 3 aromatic heterocycles. The molecular weight excluding hydrogens is 262 g/mol. The van der Waals surface area contributed by atoms with Crippen molar-refractivity contribution in [3.8, 4) is 11.1 Å². The number of nitrogens with one attached hydrogen (secondary N) is 1. The van der Waals surface area contributed by atoms with Gasteiger partial charge < -0.3 is 10.1 Å². The van der Waals surface area contributed by atoms with Crippen LogP contribution in [0.25, 0.3) is 22.2 Å². The van der Waals surface area contributed by atoms with Crippen LogP contribution >= 0.6 is 0 Å². The van der Waals surface area contributed by atoms with E-state index in [1.165, 1.54) is 0 Å². The molecule has 4 heteroatoms. The molecule has 4 rings (SSSR count). The predicted molar refractivity (Wildman–Crippen MR) is 81.8 cm³/mol. The van der Waals surface area contributed by atoms with Crippen molar-refractivity contribution in [2.24, 2.45) is 0 Å². The predicted octanol–water partition coefficient (Wildman–Crippen LogP) is 3.30. The molecule has 0 unspecified atom stereocenters. The van der Waals surface area contributed by atoms with E-state index in [4.69, 9.17) is 0 Å². The van der Waals surface area contributed by atoms with Crippen LogP contribution in [-0.4, -0.2) is 20.1 Å². The molecule has 0 atom stereocenters. The number of H-pyrrole nitrogens is 1. The molecule has 1 saturated carbocycles. The Morgan fingerprint density at radius 1 is 1.19 bits per heavy atom. The molecule has 3 aromatic rings. The lowest BCUT2D eigenvalue weighted by Gasteiger charge is -2.35. The first-order valence-electron chi connectivity index (χ1n) is 7.29. The molecule has 4 nitrogen and oxygen atoms in total. The summed E-state index contributed by atoms with van der Waals surface area (Å²) in [5, 5.41) is 11.4. The molecule has 1 aliphatic rings. The molecule has 0 aliphatic heterocycles. The zero-order valence-corrected chi connectivity index (χ0v) is 11.9. The van der Waals surface area contributed by atoms with Crippen molar-refractivity contribution < 1.29 is 5.11 Å². The highest BCUT2D eigenvalue weighted by Crippen LogP contribution is 2.40. The molecule has 0 radical (unpaired) electrons. The first kappa shape index (κ1) is 12.5. The van der Waals surface area contributed by atoms with Crippen LogP contribution in [-0.2, 0) is 5.60 Å². The lowest BCUT2D eigenvalue weighted by Crippen LogP contribution is -2.34. The molecule has 0 spiro atoms. The largest absolute Gasteiger partial charge is 0.384 e.